The van der Waals surface area contributed by atoms with Gasteiger partial charge in [-0.05, 0) is 240 Å². The van der Waals surface area contributed by atoms with Crippen LogP contribution in [-0.2, 0) is 63.2 Å². The Hall–Kier alpha value is -7.78. The van der Waals surface area contributed by atoms with Crippen LogP contribution in [0.5, 0.6) is 5.75 Å². The normalized spacial score (nSPS) is 10.8. The van der Waals surface area contributed by atoms with Crippen molar-refractivity contribution in [1.82, 2.24) is 4.98 Å². The van der Waals surface area contributed by atoms with Crippen molar-refractivity contribution in [1.29, 1.82) is 0 Å². The second-order valence-corrected chi connectivity index (χ2v) is 36.7. The maximum absolute atomic E-state index is 5.97. The topological polar surface area (TPSA) is 22.1 Å². The molecule has 112 heavy (non-hydrogen) atoms. The second-order valence-electron chi connectivity index (χ2n) is 36.3. The third kappa shape index (κ3) is 57.3. The van der Waals surface area contributed by atoms with Crippen molar-refractivity contribution in [3.8, 4) is 5.75 Å². The molecule has 0 saturated heterocycles. The highest BCUT2D eigenvalue weighted by Gasteiger charge is 2.13. The quantitative estimate of drug-likeness (QED) is 0.0675. The van der Waals surface area contributed by atoms with E-state index in [1.807, 2.05) is 54.9 Å². The Morgan fingerprint density at radius 3 is 0.964 bits per heavy atom. The van der Waals surface area contributed by atoms with Gasteiger partial charge in [0.15, 0.2) is 0 Å². The van der Waals surface area contributed by atoms with Crippen LogP contribution >= 0.6 is 11.6 Å². The van der Waals surface area contributed by atoms with Crippen molar-refractivity contribution in [2.24, 2.45) is 52.8 Å². The number of benzene rings is 9. The summed E-state index contributed by atoms with van der Waals surface area (Å²) in [5.41, 5.74) is 19.0. The molecule has 0 saturated carbocycles. The van der Waals surface area contributed by atoms with Crippen LogP contribution in [0.2, 0.25) is 5.02 Å². The smallest absolute Gasteiger partial charge is 0.118 e. The first-order valence-corrected chi connectivity index (χ1v) is 42.9. The molecule has 0 radical (unpaired) electrons. The molecule has 0 aliphatic rings. The van der Waals surface area contributed by atoms with Crippen LogP contribution < -0.4 is 4.74 Å². The molecule has 2 nitrogen and oxygen atoms in total. The van der Waals surface area contributed by atoms with Gasteiger partial charge in [-0.15, -0.1) is 0 Å². The zero-order valence-corrected chi connectivity index (χ0v) is 76.6. The van der Waals surface area contributed by atoms with Crippen LogP contribution in [0.15, 0.2) is 267 Å². The van der Waals surface area contributed by atoms with E-state index in [9.17, 15) is 0 Å². The van der Waals surface area contributed by atoms with Gasteiger partial charge in [0.25, 0.3) is 0 Å². The first-order chi connectivity index (χ1) is 52.9. The fraction of sp³-hybridized carbons (Fsp3) is 0.459. The molecule has 1 heterocycles. The molecular formula is C109H158ClNO. The van der Waals surface area contributed by atoms with E-state index in [1.54, 1.807) is 7.11 Å². The van der Waals surface area contributed by atoms with Crippen molar-refractivity contribution >= 4 is 11.6 Å². The van der Waals surface area contributed by atoms with Gasteiger partial charge in [0.2, 0.25) is 0 Å². The first kappa shape index (κ1) is 102. The van der Waals surface area contributed by atoms with Gasteiger partial charge in [-0.2, -0.15) is 0 Å². The van der Waals surface area contributed by atoms with Crippen LogP contribution in [-0.4, -0.2) is 12.1 Å². The van der Waals surface area contributed by atoms with Crippen molar-refractivity contribution in [2.75, 3.05) is 7.11 Å². The SMILES string of the molecule is CC(C)(C)CCCc1ccccc1.CC(C)CCc1ccccc1.CC(C)Cc1ccc(C(C)(C)C)cc1.CC(C)Cc1ccccc1.CC(C)Cc1ccccc1Cl.CC(C)Cc1cccnc1.CC(C)c1ccccc1.COc1ccc(CC(C)C)cc1.Cc1ccc(CC(C)C)cc1.Cc1ccc(CC(C)C)cc1. The highest BCUT2D eigenvalue weighted by Crippen LogP contribution is 2.25. The van der Waals surface area contributed by atoms with Gasteiger partial charge in [0.1, 0.15) is 5.75 Å². The molecule has 0 N–H and O–H groups in total. The average molecular weight is 1530 g/mol. The molecule has 0 atom stereocenters. The van der Waals surface area contributed by atoms with E-state index in [2.05, 4.69) is 397 Å². The Bertz CT molecular complexity index is 3670. The number of pyridine rings is 1. The maximum atomic E-state index is 5.97. The largest absolute Gasteiger partial charge is 0.497 e. The monoisotopic (exact) mass is 1530 g/mol. The van der Waals surface area contributed by atoms with Crippen LogP contribution in [0.25, 0.3) is 0 Å². The van der Waals surface area contributed by atoms with Crippen molar-refractivity contribution in [3.63, 3.8) is 0 Å². The number of rotatable bonds is 22. The lowest BCUT2D eigenvalue weighted by molar-refractivity contribution is 0.365. The van der Waals surface area contributed by atoms with Crippen molar-refractivity contribution in [2.45, 2.75) is 268 Å². The van der Waals surface area contributed by atoms with Gasteiger partial charge < -0.3 is 4.74 Å². The molecule has 0 unspecified atom stereocenters. The molecule has 0 spiro atoms. The van der Waals surface area contributed by atoms with E-state index in [0.29, 0.717) is 17.3 Å². The van der Waals surface area contributed by atoms with Gasteiger partial charge in [0, 0.05) is 17.4 Å². The molecule has 612 valence electrons. The number of methoxy groups -OCH3 is 1. The maximum Gasteiger partial charge on any atom is 0.118 e. The number of ether oxygens (including phenoxy) is 1. The number of nitrogens with zero attached hydrogens (tertiary/aromatic N) is 1. The Kier molecular flexibility index (Phi) is 54.6. The number of aryl methyl sites for hydroxylation is 4. The average Bonchev–Trinajstić information content (AvgIpc) is 0.849. The lowest BCUT2D eigenvalue weighted by atomic mass is 9.86. The first-order valence-electron chi connectivity index (χ1n) is 42.5. The molecular weight excluding hydrogens is 1370 g/mol. The van der Waals surface area contributed by atoms with Gasteiger partial charge in [-0.25, -0.2) is 0 Å². The molecule has 3 heteroatoms. The standard InChI is InChI=1S/C14H22.C13H20.C11H16O.3C11H16.C10H13Cl.C10H14.C9H13N.C9H12/c1-11(2)10-12-6-8-13(9-7-12)14(3,4)5;1-13(2,3)11-7-10-12-8-5-4-6-9-12;1-9(2)8-10-4-6-11(12-3)7-5-10;2*1-9(2)8-11-6-4-10(3)5-7-11;1-10(2)8-9-11-6-4-3-5-7-11;1-8(2)7-9-5-3-4-6-10(9)11;1-9(2)8-10-6-4-3-5-7-10;1-8(2)6-9-4-3-5-10-7-9;1-8(2)9-6-4-3-5-7-9/h6-9,11H,10H2,1-5H3;4-6,8-9H,7,10-11H2,1-3H3;4-7,9H,8H2,1-3H3;2*4-7,9H,8H2,1-3H3;3-7,10H,8-9H2,1-2H3;3-6,8H,7H2,1-2H3;3-7,9H,8H2,1-2H3;3-5,7-8H,6H2,1-2H3;3-8H,1-2H3. The molecule has 0 fully saturated rings. The summed E-state index contributed by atoms with van der Waals surface area (Å²) in [4.78, 5) is 4.04. The lowest BCUT2D eigenvalue weighted by Crippen LogP contribution is -2.10. The summed E-state index contributed by atoms with van der Waals surface area (Å²) in [6.07, 6.45) is 18.2. The Balaban J connectivity index is 0.000000623. The molecule has 0 aliphatic heterocycles. The highest BCUT2D eigenvalue weighted by atomic mass is 35.5. The zero-order chi connectivity index (χ0) is 83.9. The molecule has 0 amide bonds. The van der Waals surface area contributed by atoms with Crippen LogP contribution in [0, 0.1) is 66.6 Å². The van der Waals surface area contributed by atoms with E-state index in [-0.39, 0.29) is 5.41 Å². The molecule has 9 aromatic carbocycles. The van der Waals surface area contributed by atoms with Gasteiger partial charge in [0.05, 0.1) is 7.11 Å². The third-order valence-electron chi connectivity index (χ3n) is 17.8. The van der Waals surface area contributed by atoms with E-state index in [0.717, 1.165) is 71.5 Å². The minimum Gasteiger partial charge on any atom is -0.497 e. The van der Waals surface area contributed by atoms with E-state index < -0.39 is 0 Å². The zero-order valence-electron chi connectivity index (χ0n) is 75.8. The summed E-state index contributed by atoms with van der Waals surface area (Å²) in [5, 5.41) is 0.890. The van der Waals surface area contributed by atoms with E-state index in [4.69, 9.17) is 16.3 Å². The minimum atomic E-state index is 0.274. The fourth-order valence-electron chi connectivity index (χ4n) is 11.8. The molecule has 10 aromatic rings. The van der Waals surface area contributed by atoms with Gasteiger partial charge in [-0.1, -0.05) is 419 Å². The summed E-state index contributed by atoms with van der Waals surface area (Å²) >= 11 is 5.97. The number of hydrogen-bond acceptors (Lipinski definition) is 2. The molecule has 0 aliphatic carbocycles. The molecule has 10 rings (SSSR count). The fourth-order valence-corrected chi connectivity index (χ4v) is 12.0. The number of halogens is 1. The van der Waals surface area contributed by atoms with Crippen LogP contribution in [0.3, 0.4) is 0 Å². The predicted molar refractivity (Wildman–Crippen MR) is 501 cm³/mol. The van der Waals surface area contributed by atoms with Crippen LogP contribution in [0.1, 0.15) is 264 Å². The summed E-state index contributed by atoms with van der Waals surface area (Å²) < 4.78 is 5.07. The summed E-state index contributed by atoms with van der Waals surface area (Å²) in [6, 6.07) is 89.6. The number of hydrogen-bond donors (Lipinski definition) is 0. The minimum absolute atomic E-state index is 0.274. The summed E-state index contributed by atoms with van der Waals surface area (Å²) in [6.45, 7) is 58.2. The molecule has 0 bridgehead atoms. The number of aromatic nitrogens is 1. The predicted octanol–water partition coefficient (Wildman–Crippen LogP) is 32.3. The molecule has 1 aromatic heterocycles. The summed E-state index contributed by atoms with van der Waals surface area (Å²) in [7, 11) is 1.69. The van der Waals surface area contributed by atoms with Gasteiger partial charge >= 0.3 is 0 Å². The van der Waals surface area contributed by atoms with Gasteiger partial charge in [-0.3, -0.25) is 4.98 Å². The third-order valence-corrected chi connectivity index (χ3v) is 18.2. The summed E-state index contributed by atoms with van der Waals surface area (Å²) in [5.74, 6) is 7.56. The second kappa shape index (κ2) is 59.9. The van der Waals surface area contributed by atoms with E-state index in [1.165, 1.54) is 130 Å². The van der Waals surface area contributed by atoms with E-state index >= 15 is 0 Å². The lowest BCUT2D eigenvalue weighted by Gasteiger charge is -2.19. The Morgan fingerprint density at radius 1 is 0.321 bits per heavy atom. The van der Waals surface area contributed by atoms with Crippen molar-refractivity contribution in [3.05, 3.63) is 345 Å². The van der Waals surface area contributed by atoms with Crippen LogP contribution in [0.4, 0.5) is 0 Å². The van der Waals surface area contributed by atoms with Crippen molar-refractivity contribution < 1.29 is 4.74 Å². The Morgan fingerprint density at radius 2 is 0.643 bits per heavy atom. The Labute approximate surface area is 695 Å². The highest BCUT2D eigenvalue weighted by molar-refractivity contribution is 6.31.